The molecule has 1 unspecified atom stereocenters. The van der Waals surface area contributed by atoms with Gasteiger partial charge in [0.2, 0.25) is 0 Å². The normalized spacial score (nSPS) is 13.0. The van der Waals surface area contributed by atoms with E-state index in [-0.39, 0.29) is 5.56 Å². The highest BCUT2D eigenvalue weighted by Crippen LogP contribution is 2.24. The summed E-state index contributed by atoms with van der Waals surface area (Å²) in [5.74, 6) is -5.06. The Kier molecular flexibility index (Phi) is 3.71. The fourth-order valence-corrected chi connectivity index (χ4v) is 1.31. The fourth-order valence-electron chi connectivity index (χ4n) is 1.31. The van der Waals surface area contributed by atoms with Crippen LogP contribution in [0.3, 0.4) is 0 Å². The van der Waals surface area contributed by atoms with E-state index in [0.717, 1.165) is 12.2 Å². The van der Waals surface area contributed by atoms with E-state index < -0.39 is 29.3 Å². The summed E-state index contributed by atoms with van der Waals surface area (Å²) in [6.07, 6.45) is 1.91. The number of allylic oxidation sites excluding steroid dienone is 1. The SMILES string of the molecule is CC(/C=C/C(=O)O)c1c(F)cc(F)cc1F. The van der Waals surface area contributed by atoms with E-state index in [4.69, 9.17) is 5.11 Å². The lowest BCUT2D eigenvalue weighted by Crippen LogP contribution is -2.01. The molecule has 0 bridgehead atoms. The zero-order valence-corrected chi connectivity index (χ0v) is 8.38. The van der Waals surface area contributed by atoms with Gasteiger partial charge in [-0.25, -0.2) is 18.0 Å². The number of carbonyl (C=O) groups is 1. The molecule has 0 aromatic heterocycles. The third-order valence-electron chi connectivity index (χ3n) is 2.03. The Morgan fingerprint density at radius 3 is 2.25 bits per heavy atom. The van der Waals surface area contributed by atoms with Gasteiger partial charge in [-0.05, 0) is 0 Å². The molecule has 0 heterocycles. The summed E-state index contributed by atoms with van der Waals surface area (Å²) in [5.41, 5.74) is -0.348. The minimum atomic E-state index is -1.21. The third-order valence-corrected chi connectivity index (χ3v) is 2.03. The third kappa shape index (κ3) is 2.85. The van der Waals surface area contributed by atoms with Gasteiger partial charge in [0.1, 0.15) is 17.5 Å². The molecule has 1 rings (SSSR count). The minimum absolute atomic E-state index is 0.348. The molecule has 16 heavy (non-hydrogen) atoms. The van der Waals surface area contributed by atoms with Gasteiger partial charge in [-0.3, -0.25) is 0 Å². The van der Waals surface area contributed by atoms with Gasteiger partial charge in [0.25, 0.3) is 0 Å². The number of benzene rings is 1. The van der Waals surface area contributed by atoms with Gasteiger partial charge in [0, 0.05) is 29.7 Å². The first-order chi connectivity index (χ1) is 7.41. The summed E-state index contributed by atoms with van der Waals surface area (Å²) in [6, 6.07) is 1.12. The lowest BCUT2D eigenvalue weighted by atomic mass is 9.99. The smallest absolute Gasteiger partial charge is 0.327 e. The number of hydrogen-bond donors (Lipinski definition) is 1. The number of hydrogen-bond acceptors (Lipinski definition) is 1. The minimum Gasteiger partial charge on any atom is -0.478 e. The maximum Gasteiger partial charge on any atom is 0.327 e. The van der Waals surface area contributed by atoms with Crippen molar-refractivity contribution in [2.24, 2.45) is 0 Å². The van der Waals surface area contributed by atoms with Gasteiger partial charge in [-0.1, -0.05) is 13.0 Å². The standard InChI is InChI=1S/C11H9F3O2/c1-6(2-3-10(15)16)11-8(13)4-7(12)5-9(11)14/h2-6H,1H3,(H,15,16)/b3-2+. The molecule has 0 saturated carbocycles. The van der Waals surface area contributed by atoms with Crippen molar-refractivity contribution in [1.29, 1.82) is 0 Å². The van der Waals surface area contributed by atoms with Crippen LogP contribution >= 0.6 is 0 Å². The van der Waals surface area contributed by atoms with Crippen LogP contribution in [0.2, 0.25) is 0 Å². The Hall–Kier alpha value is -1.78. The van der Waals surface area contributed by atoms with Crippen molar-refractivity contribution in [3.05, 3.63) is 47.3 Å². The Labute approximate surface area is 90.0 Å². The highest BCUT2D eigenvalue weighted by molar-refractivity contribution is 5.79. The largest absolute Gasteiger partial charge is 0.478 e. The molecule has 0 aliphatic carbocycles. The van der Waals surface area contributed by atoms with Gasteiger partial charge in [0.15, 0.2) is 0 Å². The maximum absolute atomic E-state index is 13.2. The average molecular weight is 230 g/mol. The van der Waals surface area contributed by atoms with E-state index in [2.05, 4.69) is 0 Å². The summed E-state index contributed by atoms with van der Waals surface area (Å²) in [6.45, 7) is 1.42. The van der Waals surface area contributed by atoms with E-state index in [1.807, 2.05) is 0 Å². The molecule has 2 nitrogen and oxygen atoms in total. The van der Waals surface area contributed by atoms with E-state index in [1.165, 1.54) is 6.92 Å². The zero-order valence-electron chi connectivity index (χ0n) is 8.38. The number of carboxylic acids is 1. The van der Waals surface area contributed by atoms with E-state index in [9.17, 15) is 18.0 Å². The van der Waals surface area contributed by atoms with Crippen LogP contribution < -0.4 is 0 Å². The van der Waals surface area contributed by atoms with Crippen LogP contribution in [0.4, 0.5) is 13.2 Å². The van der Waals surface area contributed by atoms with Crippen molar-refractivity contribution in [2.45, 2.75) is 12.8 Å². The molecule has 0 aliphatic heterocycles. The molecule has 1 aromatic rings. The van der Waals surface area contributed by atoms with Crippen molar-refractivity contribution < 1.29 is 23.1 Å². The van der Waals surface area contributed by atoms with Crippen molar-refractivity contribution in [3.8, 4) is 0 Å². The molecular formula is C11H9F3O2. The second-order valence-electron chi connectivity index (χ2n) is 3.27. The van der Waals surface area contributed by atoms with Crippen LogP contribution in [0.5, 0.6) is 0 Å². The van der Waals surface area contributed by atoms with E-state index in [1.54, 1.807) is 0 Å². The van der Waals surface area contributed by atoms with Crippen molar-refractivity contribution in [1.82, 2.24) is 0 Å². The van der Waals surface area contributed by atoms with Crippen LogP contribution in [-0.4, -0.2) is 11.1 Å². The van der Waals surface area contributed by atoms with Crippen LogP contribution in [0.25, 0.3) is 0 Å². The van der Waals surface area contributed by atoms with Crippen LogP contribution in [0.1, 0.15) is 18.4 Å². The van der Waals surface area contributed by atoms with Gasteiger partial charge in [-0.15, -0.1) is 0 Å². The molecule has 0 aliphatic rings. The molecule has 0 saturated heterocycles. The number of halogens is 3. The summed E-state index contributed by atoms with van der Waals surface area (Å²) in [7, 11) is 0. The fraction of sp³-hybridized carbons (Fsp3) is 0.182. The van der Waals surface area contributed by atoms with Crippen molar-refractivity contribution in [2.75, 3.05) is 0 Å². The maximum atomic E-state index is 13.2. The Balaban J connectivity index is 3.08. The predicted molar refractivity (Wildman–Crippen MR) is 51.5 cm³/mol. The lowest BCUT2D eigenvalue weighted by Gasteiger charge is -2.09. The molecule has 86 valence electrons. The van der Waals surface area contributed by atoms with Crippen molar-refractivity contribution >= 4 is 5.97 Å². The molecule has 0 amide bonds. The second kappa shape index (κ2) is 4.83. The van der Waals surface area contributed by atoms with Crippen LogP contribution in [0.15, 0.2) is 24.3 Å². The molecule has 5 heteroatoms. The number of rotatable bonds is 3. The van der Waals surface area contributed by atoms with Crippen LogP contribution in [-0.2, 0) is 4.79 Å². The van der Waals surface area contributed by atoms with Gasteiger partial charge in [0.05, 0.1) is 0 Å². The molecule has 0 spiro atoms. The topological polar surface area (TPSA) is 37.3 Å². The van der Waals surface area contributed by atoms with Gasteiger partial charge in [-0.2, -0.15) is 0 Å². The summed E-state index contributed by atoms with van der Waals surface area (Å²) in [4.78, 5) is 10.2. The molecule has 1 N–H and O–H groups in total. The van der Waals surface area contributed by atoms with Gasteiger partial charge >= 0.3 is 5.97 Å². The van der Waals surface area contributed by atoms with E-state index in [0.29, 0.717) is 12.1 Å². The first kappa shape index (κ1) is 12.3. The summed E-state index contributed by atoms with van der Waals surface area (Å²) >= 11 is 0. The zero-order chi connectivity index (χ0) is 12.3. The molecule has 0 radical (unpaired) electrons. The predicted octanol–water partition coefficient (Wildman–Crippen LogP) is 2.85. The van der Waals surface area contributed by atoms with E-state index >= 15 is 0 Å². The summed E-state index contributed by atoms with van der Waals surface area (Å²) in [5, 5.41) is 8.36. The number of aliphatic carboxylic acids is 1. The monoisotopic (exact) mass is 230 g/mol. The first-order valence-electron chi connectivity index (χ1n) is 4.47. The molecule has 0 fully saturated rings. The molecular weight excluding hydrogens is 221 g/mol. The summed E-state index contributed by atoms with van der Waals surface area (Å²) < 4.78 is 39.0. The van der Waals surface area contributed by atoms with Crippen LogP contribution in [0, 0.1) is 17.5 Å². The lowest BCUT2D eigenvalue weighted by molar-refractivity contribution is -0.131. The van der Waals surface area contributed by atoms with Gasteiger partial charge < -0.3 is 5.11 Å². The Bertz CT molecular complexity index is 418. The first-order valence-corrected chi connectivity index (χ1v) is 4.47. The molecule has 1 atom stereocenters. The highest BCUT2D eigenvalue weighted by atomic mass is 19.1. The second-order valence-corrected chi connectivity index (χ2v) is 3.27. The van der Waals surface area contributed by atoms with Crippen molar-refractivity contribution in [3.63, 3.8) is 0 Å². The average Bonchev–Trinajstić information content (AvgIpc) is 2.12. The highest BCUT2D eigenvalue weighted by Gasteiger charge is 2.15. The quantitative estimate of drug-likeness (QED) is 0.810. The Morgan fingerprint density at radius 2 is 1.81 bits per heavy atom. The number of carboxylic acid groups (broad SMARTS) is 1. The Morgan fingerprint density at radius 1 is 1.31 bits per heavy atom. The molecule has 1 aromatic carbocycles.